The Bertz CT molecular complexity index is 1640. The lowest BCUT2D eigenvalue weighted by Gasteiger charge is -2.41. The molecule has 0 spiro atoms. The van der Waals surface area contributed by atoms with E-state index in [2.05, 4.69) is 80.2 Å². The molecule has 5 aromatic rings. The van der Waals surface area contributed by atoms with Gasteiger partial charge in [0.05, 0.1) is 16.4 Å². The molecule has 0 bridgehead atoms. The Hall–Kier alpha value is -3.95. The van der Waals surface area contributed by atoms with Crippen molar-refractivity contribution < 1.29 is 0 Å². The van der Waals surface area contributed by atoms with Gasteiger partial charge in [0, 0.05) is 55.7 Å². The zero-order chi connectivity index (χ0) is 27.2. The molecule has 206 valence electrons. The number of aromatic nitrogens is 5. The molecule has 1 aliphatic heterocycles. The van der Waals surface area contributed by atoms with Gasteiger partial charge in [-0.15, -0.1) is 0 Å². The Morgan fingerprint density at radius 1 is 0.925 bits per heavy atom. The first-order valence-electron chi connectivity index (χ1n) is 14.4. The maximum atomic E-state index is 6.45. The summed E-state index contributed by atoms with van der Waals surface area (Å²) in [5, 5.41) is 4.35. The number of hydrogen-bond donors (Lipinski definition) is 3. The van der Waals surface area contributed by atoms with E-state index >= 15 is 0 Å². The van der Waals surface area contributed by atoms with E-state index in [0.717, 1.165) is 63.2 Å². The van der Waals surface area contributed by atoms with Gasteiger partial charge < -0.3 is 25.5 Å². The molecule has 2 aromatic carbocycles. The number of fused-ring (bicyclic) bond motifs is 2. The normalized spacial score (nSPS) is 20.9. The van der Waals surface area contributed by atoms with Crippen LogP contribution in [-0.2, 0) is 0 Å². The van der Waals surface area contributed by atoms with Crippen LogP contribution in [0.5, 0.6) is 0 Å². The van der Waals surface area contributed by atoms with E-state index in [0.29, 0.717) is 17.9 Å². The predicted octanol–water partition coefficient (Wildman–Crippen LogP) is 5.34. The van der Waals surface area contributed by atoms with Gasteiger partial charge in [-0.2, -0.15) is 0 Å². The van der Waals surface area contributed by atoms with Crippen LogP contribution in [0.2, 0.25) is 0 Å². The van der Waals surface area contributed by atoms with E-state index in [1.54, 1.807) is 6.33 Å². The Balaban J connectivity index is 1.12. The molecule has 2 aliphatic rings. The van der Waals surface area contributed by atoms with E-state index in [1.165, 1.54) is 39.0 Å². The van der Waals surface area contributed by atoms with Crippen LogP contribution in [0.1, 0.15) is 37.3 Å². The number of nitrogens with two attached hydrogens (primary N) is 1. The molecule has 1 saturated carbocycles. The Labute approximate surface area is 234 Å². The smallest absolute Gasteiger partial charge is 0.205 e. The molecule has 1 aliphatic carbocycles. The summed E-state index contributed by atoms with van der Waals surface area (Å²) in [5.41, 5.74) is 13.7. The first-order valence-corrected chi connectivity index (χ1v) is 14.4. The number of benzene rings is 2. The molecule has 9 nitrogen and oxygen atoms in total. The van der Waals surface area contributed by atoms with Crippen LogP contribution in [0, 0.1) is 6.92 Å². The summed E-state index contributed by atoms with van der Waals surface area (Å²) in [4.78, 5) is 22.3. The highest BCUT2D eigenvalue weighted by Crippen LogP contribution is 2.39. The van der Waals surface area contributed by atoms with Crippen molar-refractivity contribution in [1.82, 2.24) is 34.3 Å². The average molecular weight is 536 g/mol. The van der Waals surface area contributed by atoms with E-state index in [-0.39, 0.29) is 0 Å². The van der Waals surface area contributed by atoms with E-state index in [4.69, 9.17) is 15.7 Å². The van der Waals surface area contributed by atoms with Gasteiger partial charge in [-0.25, -0.2) is 15.0 Å². The molecule has 0 unspecified atom stereocenters. The molecule has 4 heterocycles. The number of aromatic amines is 1. The van der Waals surface area contributed by atoms with Crippen molar-refractivity contribution in [2.45, 2.75) is 44.7 Å². The second-order valence-electron chi connectivity index (χ2n) is 11.5. The Morgan fingerprint density at radius 3 is 2.42 bits per heavy atom. The zero-order valence-corrected chi connectivity index (χ0v) is 23.3. The van der Waals surface area contributed by atoms with Crippen molar-refractivity contribution in [3.05, 3.63) is 60.6 Å². The van der Waals surface area contributed by atoms with Crippen LogP contribution in [0.4, 0.5) is 17.5 Å². The number of para-hydroxylation sites is 1. The maximum Gasteiger partial charge on any atom is 0.205 e. The van der Waals surface area contributed by atoms with E-state index in [1.807, 2.05) is 12.1 Å². The van der Waals surface area contributed by atoms with Crippen molar-refractivity contribution in [3.63, 3.8) is 0 Å². The van der Waals surface area contributed by atoms with Gasteiger partial charge in [0.15, 0.2) is 0 Å². The average Bonchev–Trinajstić information content (AvgIpc) is 3.57. The lowest BCUT2D eigenvalue weighted by molar-refractivity contribution is 0.0828. The second kappa shape index (κ2) is 10.2. The summed E-state index contributed by atoms with van der Waals surface area (Å²) < 4.78 is 2.37. The highest BCUT2D eigenvalue weighted by atomic mass is 15.3. The monoisotopic (exact) mass is 535 g/mol. The number of H-pyrrole nitrogens is 1. The summed E-state index contributed by atoms with van der Waals surface area (Å²) in [6.45, 7) is 6.80. The molecule has 0 amide bonds. The molecular weight excluding hydrogens is 498 g/mol. The van der Waals surface area contributed by atoms with Crippen molar-refractivity contribution in [2.24, 2.45) is 0 Å². The summed E-state index contributed by atoms with van der Waals surface area (Å²) in [6.07, 6.45) is 8.61. The number of anilines is 3. The number of piperazine rings is 1. The third-order valence-electron chi connectivity index (χ3n) is 8.93. The molecule has 9 heteroatoms. The van der Waals surface area contributed by atoms with Crippen LogP contribution in [0.15, 0.2) is 55.0 Å². The van der Waals surface area contributed by atoms with Gasteiger partial charge in [-0.05, 0) is 69.0 Å². The second-order valence-corrected chi connectivity index (χ2v) is 11.5. The fourth-order valence-electron chi connectivity index (χ4n) is 6.60. The first-order chi connectivity index (χ1) is 19.5. The minimum absolute atomic E-state index is 0.423. The number of nitrogen functional groups attached to an aromatic ring is 1. The molecule has 4 N–H and O–H groups in total. The van der Waals surface area contributed by atoms with Crippen molar-refractivity contribution in [2.75, 3.05) is 44.3 Å². The van der Waals surface area contributed by atoms with Gasteiger partial charge in [-0.3, -0.25) is 4.90 Å². The fourth-order valence-corrected chi connectivity index (χ4v) is 6.60. The van der Waals surface area contributed by atoms with Crippen LogP contribution >= 0.6 is 0 Å². The fraction of sp³-hybridized carbons (Fsp3) is 0.387. The topological polar surface area (TPSA) is 104 Å². The molecule has 1 saturated heterocycles. The summed E-state index contributed by atoms with van der Waals surface area (Å²) >= 11 is 0. The number of aryl methyl sites for hydroxylation is 1. The quantitative estimate of drug-likeness (QED) is 0.279. The number of rotatable bonds is 5. The number of hydrogen-bond acceptors (Lipinski definition) is 7. The lowest BCUT2D eigenvalue weighted by Crippen LogP contribution is -2.49. The van der Waals surface area contributed by atoms with Crippen molar-refractivity contribution in [3.8, 4) is 11.1 Å². The van der Waals surface area contributed by atoms with Crippen LogP contribution in [-0.4, -0.2) is 73.6 Å². The Kier molecular flexibility index (Phi) is 6.40. The SMILES string of the molecule is Cc1cccc2[nH]c(Nc3ccc(-c4cn([C@H]5CC[C@H](N6CCN(C)CC6)CC5)c5ncnc(N)c45)cc3)nc12. The molecule has 3 aromatic heterocycles. The largest absolute Gasteiger partial charge is 0.383 e. The predicted molar refractivity (Wildman–Crippen MR) is 162 cm³/mol. The van der Waals surface area contributed by atoms with Gasteiger partial charge in [0.25, 0.3) is 0 Å². The molecule has 0 radical (unpaired) electrons. The van der Waals surface area contributed by atoms with E-state index in [9.17, 15) is 0 Å². The number of imidazole rings is 1. The number of nitrogens with zero attached hydrogens (tertiary/aromatic N) is 6. The first kappa shape index (κ1) is 25.0. The molecular formula is C31H37N9. The van der Waals surface area contributed by atoms with E-state index < -0.39 is 0 Å². The standard InChI is InChI=1S/C31H37N9/c1-20-4-3-5-26-28(20)37-31(36-26)35-22-8-6-21(7-9-22)25-18-40(30-27(25)29(32)33-19-34-30)24-12-10-23(11-13-24)39-16-14-38(2)15-17-39/h3-9,18-19,23-24H,10-17H2,1-2H3,(H2,32,33,34)(H2,35,36,37)/t23-,24-. The minimum Gasteiger partial charge on any atom is -0.383 e. The third kappa shape index (κ3) is 4.59. The summed E-state index contributed by atoms with van der Waals surface area (Å²) in [6, 6.07) is 15.7. The van der Waals surface area contributed by atoms with Gasteiger partial charge in [0.1, 0.15) is 17.8 Å². The number of likely N-dealkylation sites (N-methyl/N-ethyl adjacent to an activating group) is 1. The lowest BCUT2D eigenvalue weighted by atomic mass is 9.89. The van der Waals surface area contributed by atoms with Crippen molar-refractivity contribution >= 4 is 39.5 Å². The molecule has 40 heavy (non-hydrogen) atoms. The minimum atomic E-state index is 0.423. The summed E-state index contributed by atoms with van der Waals surface area (Å²) in [5.74, 6) is 1.27. The van der Waals surface area contributed by atoms with Gasteiger partial charge in [0.2, 0.25) is 5.95 Å². The molecule has 2 fully saturated rings. The van der Waals surface area contributed by atoms with Gasteiger partial charge >= 0.3 is 0 Å². The van der Waals surface area contributed by atoms with Gasteiger partial charge in [-0.1, -0.05) is 24.3 Å². The van der Waals surface area contributed by atoms with Crippen LogP contribution < -0.4 is 11.1 Å². The molecule has 0 atom stereocenters. The zero-order valence-electron chi connectivity index (χ0n) is 23.3. The van der Waals surface area contributed by atoms with Crippen LogP contribution in [0.3, 0.4) is 0 Å². The maximum absolute atomic E-state index is 6.45. The summed E-state index contributed by atoms with van der Waals surface area (Å²) in [7, 11) is 2.22. The third-order valence-corrected chi connectivity index (χ3v) is 8.93. The highest BCUT2D eigenvalue weighted by molar-refractivity contribution is 6.00. The highest BCUT2D eigenvalue weighted by Gasteiger charge is 2.30. The van der Waals surface area contributed by atoms with Crippen LogP contribution in [0.25, 0.3) is 33.2 Å². The number of nitrogens with one attached hydrogen (secondary N) is 2. The Morgan fingerprint density at radius 2 is 1.68 bits per heavy atom. The molecule has 7 rings (SSSR count). The van der Waals surface area contributed by atoms with Crippen molar-refractivity contribution in [1.29, 1.82) is 0 Å².